The second-order valence-electron chi connectivity index (χ2n) is 4.44. The number of anilines is 1. The highest BCUT2D eigenvalue weighted by Gasteiger charge is 2.35. The topological polar surface area (TPSA) is 72.2 Å². The fourth-order valence-corrected chi connectivity index (χ4v) is 3.10. The van der Waals surface area contributed by atoms with E-state index in [2.05, 4.69) is 4.72 Å². The van der Waals surface area contributed by atoms with Gasteiger partial charge in [0.25, 0.3) is 0 Å². The Morgan fingerprint density at radius 1 is 1.35 bits per heavy atom. The van der Waals surface area contributed by atoms with Crippen LogP contribution in [0.3, 0.4) is 0 Å². The van der Waals surface area contributed by atoms with E-state index in [4.69, 9.17) is 5.73 Å². The van der Waals surface area contributed by atoms with E-state index in [-0.39, 0.29) is 5.25 Å². The van der Waals surface area contributed by atoms with Gasteiger partial charge in [-0.2, -0.15) is 0 Å². The summed E-state index contributed by atoms with van der Waals surface area (Å²) in [6.07, 6.45) is 3.36. The summed E-state index contributed by atoms with van der Waals surface area (Å²) < 4.78 is 26.2. The van der Waals surface area contributed by atoms with Crippen molar-refractivity contribution < 1.29 is 8.42 Å². The van der Waals surface area contributed by atoms with Gasteiger partial charge in [0.2, 0.25) is 10.0 Å². The van der Waals surface area contributed by atoms with Crippen LogP contribution in [0.4, 0.5) is 5.69 Å². The molecule has 1 saturated carbocycles. The van der Waals surface area contributed by atoms with Gasteiger partial charge in [-0.15, -0.1) is 0 Å². The molecule has 0 saturated heterocycles. The lowest BCUT2D eigenvalue weighted by atomic mass is 10.1. The van der Waals surface area contributed by atoms with Crippen molar-refractivity contribution in [2.45, 2.75) is 30.9 Å². The normalized spacial score (nSPS) is 15.8. The molecule has 0 amide bonds. The first-order chi connectivity index (χ1) is 8.12. The summed E-state index contributed by atoms with van der Waals surface area (Å²) in [6.45, 7) is 0.651. The van der Waals surface area contributed by atoms with Gasteiger partial charge < -0.3 is 5.73 Å². The van der Waals surface area contributed by atoms with E-state index in [0.29, 0.717) is 12.2 Å². The second kappa shape index (κ2) is 5.06. The summed E-state index contributed by atoms with van der Waals surface area (Å²) in [6, 6.07) is 7.53. The van der Waals surface area contributed by atoms with Crippen LogP contribution in [0.2, 0.25) is 0 Å². The molecule has 0 unspecified atom stereocenters. The maximum Gasteiger partial charge on any atom is 0.235 e. The number of aryl methyl sites for hydroxylation is 1. The zero-order chi connectivity index (χ0) is 12.3. The van der Waals surface area contributed by atoms with E-state index in [9.17, 15) is 8.42 Å². The molecule has 0 radical (unpaired) electrons. The fourth-order valence-electron chi connectivity index (χ4n) is 1.72. The Morgan fingerprint density at radius 2 is 2.12 bits per heavy atom. The minimum Gasteiger partial charge on any atom is -0.330 e. The van der Waals surface area contributed by atoms with Crippen molar-refractivity contribution in [3.05, 3.63) is 29.8 Å². The van der Waals surface area contributed by atoms with Crippen LogP contribution >= 0.6 is 0 Å². The molecule has 0 aliphatic heterocycles. The summed E-state index contributed by atoms with van der Waals surface area (Å²) in [5.74, 6) is 0. The number of hydrogen-bond donors (Lipinski definition) is 2. The molecule has 3 N–H and O–H groups in total. The van der Waals surface area contributed by atoms with E-state index in [0.717, 1.165) is 31.2 Å². The Morgan fingerprint density at radius 3 is 2.76 bits per heavy atom. The lowest BCUT2D eigenvalue weighted by Gasteiger charge is -2.08. The van der Waals surface area contributed by atoms with Crippen LogP contribution in [0.1, 0.15) is 24.8 Å². The molecule has 0 heterocycles. The predicted molar refractivity (Wildman–Crippen MR) is 69.4 cm³/mol. The maximum absolute atomic E-state index is 11.8. The molecular formula is C12H18N2O2S. The molecule has 17 heavy (non-hydrogen) atoms. The van der Waals surface area contributed by atoms with E-state index in [1.807, 2.05) is 18.2 Å². The fraction of sp³-hybridized carbons (Fsp3) is 0.500. The standard InChI is InChI=1S/C12H18N2O2S/c13-8-2-4-10-3-1-5-11(9-10)14-17(15,16)12-6-7-12/h1,3,5,9,12,14H,2,4,6-8,13H2. The van der Waals surface area contributed by atoms with E-state index in [1.165, 1.54) is 0 Å². The zero-order valence-electron chi connectivity index (χ0n) is 9.72. The zero-order valence-corrected chi connectivity index (χ0v) is 10.5. The van der Waals surface area contributed by atoms with Gasteiger partial charge in [-0.25, -0.2) is 8.42 Å². The van der Waals surface area contributed by atoms with Crippen LogP contribution in [0.5, 0.6) is 0 Å². The predicted octanol–water partition coefficient (Wildman–Crippen LogP) is 1.48. The van der Waals surface area contributed by atoms with E-state index >= 15 is 0 Å². The van der Waals surface area contributed by atoms with Gasteiger partial charge >= 0.3 is 0 Å². The van der Waals surface area contributed by atoms with Crippen molar-refractivity contribution in [1.82, 2.24) is 0 Å². The maximum atomic E-state index is 11.8. The molecule has 1 aliphatic carbocycles. The first-order valence-electron chi connectivity index (χ1n) is 5.92. The van der Waals surface area contributed by atoms with Crippen molar-refractivity contribution in [3.63, 3.8) is 0 Å². The third-order valence-corrected chi connectivity index (χ3v) is 4.69. The van der Waals surface area contributed by atoms with Crippen molar-refractivity contribution >= 4 is 15.7 Å². The Balaban J connectivity index is 2.05. The number of hydrogen-bond acceptors (Lipinski definition) is 3. The average molecular weight is 254 g/mol. The van der Waals surface area contributed by atoms with Crippen LogP contribution in [0, 0.1) is 0 Å². The van der Waals surface area contributed by atoms with Gasteiger partial charge in [0.05, 0.1) is 5.25 Å². The van der Waals surface area contributed by atoms with Gasteiger partial charge in [-0.3, -0.25) is 4.72 Å². The van der Waals surface area contributed by atoms with Crippen molar-refractivity contribution in [2.24, 2.45) is 5.73 Å². The lowest BCUT2D eigenvalue weighted by molar-refractivity contribution is 0.600. The summed E-state index contributed by atoms with van der Waals surface area (Å²) in [5.41, 5.74) is 7.23. The summed E-state index contributed by atoms with van der Waals surface area (Å²) in [5, 5.41) is -0.185. The number of nitrogens with two attached hydrogens (primary N) is 1. The molecular weight excluding hydrogens is 236 g/mol. The number of sulfonamides is 1. The number of benzene rings is 1. The monoisotopic (exact) mass is 254 g/mol. The SMILES string of the molecule is NCCCc1cccc(NS(=O)(=O)C2CC2)c1. The van der Waals surface area contributed by atoms with Crippen molar-refractivity contribution in [1.29, 1.82) is 0 Å². The molecule has 0 aromatic heterocycles. The summed E-state index contributed by atoms with van der Waals surface area (Å²) in [4.78, 5) is 0. The van der Waals surface area contributed by atoms with Crippen LogP contribution < -0.4 is 10.5 Å². The molecule has 0 atom stereocenters. The van der Waals surface area contributed by atoms with Crippen molar-refractivity contribution in [3.8, 4) is 0 Å². The Labute approximate surface area is 102 Å². The Kier molecular flexibility index (Phi) is 3.69. The first-order valence-corrected chi connectivity index (χ1v) is 7.47. The third kappa shape index (κ3) is 3.44. The summed E-state index contributed by atoms with van der Waals surface area (Å²) in [7, 11) is -3.15. The largest absolute Gasteiger partial charge is 0.330 e. The van der Waals surface area contributed by atoms with Crippen molar-refractivity contribution in [2.75, 3.05) is 11.3 Å². The molecule has 5 heteroatoms. The van der Waals surface area contributed by atoms with E-state index < -0.39 is 10.0 Å². The molecule has 1 fully saturated rings. The lowest BCUT2D eigenvalue weighted by Crippen LogP contribution is -2.17. The number of rotatable bonds is 6. The molecule has 1 aliphatic rings. The smallest absolute Gasteiger partial charge is 0.235 e. The molecule has 2 rings (SSSR count). The molecule has 1 aromatic carbocycles. The minimum atomic E-state index is -3.15. The minimum absolute atomic E-state index is 0.185. The molecule has 94 valence electrons. The highest BCUT2D eigenvalue weighted by molar-refractivity contribution is 7.93. The molecule has 4 nitrogen and oxygen atoms in total. The quantitative estimate of drug-likeness (QED) is 0.807. The Bertz CT molecular complexity index is 481. The average Bonchev–Trinajstić information content (AvgIpc) is 3.10. The molecule has 1 aromatic rings. The highest BCUT2D eigenvalue weighted by atomic mass is 32.2. The Hall–Kier alpha value is -1.07. The van der Waals surface area contributed by atoms with E-state index in [1.54, 1.807) is 6.07 Å². The van der Waals surface area contributed by atoms with Crippen LogP contribution in [-0.2, 0) is 16.4 Å². The van der Waals surface area contributed by atoms with Gasteiger partial charge in [0, 0.05) is 5.69 Å². The second-order valence-corrected chi connectivity index (χ2v) is 6.40. The van der Waals surface area contributed by atoms with Gasteiger partial charge in [-0.05, 0) is 49.9 Å². The van der Waals surface area contributed by atoms with Gasteiger partial charge in [-0.1, -0.05) is 12.1 Å². The van der Waals surface area contributed by atoms with Gasteiger partial charge in [0.1, 0.15) is 0 Å². The molecule has 0 spiro atoms. The third-order valence-electron chi connectivity index (χ3n) is 2.82. The van der Waals surface area contributed by atoms with Crippen LogP contribution in [-0.4, -0.2) is 20.2 Å². The first kappa shape index (κ1) is 12.4. The molecule has 0 bridgehead atoms. The van der Waals surface area contributed by atoms with Crippen LogP contribution in [0.25, 0.3) is 0 Å². The van der Waals surface area contributed by atoms with Gasteiger partial charge in [0.15, 0.2) is 0 Å². The summed E-state index contributed by atoms with van der Waals surface area (Å²) >= 11 is 0. The number of nitrogens with one attached hydrogen (secondary N) is 1. The van der Waals surface area contributed by atoms with Crippen LogP contribution in [0.15, 0.2) is 24.3 Å². The highest BCUT2D eigenvalue weighted by Crippen LogP contribution is 2.29.